The second-order valence-corrected chi connectivity index (χ2v) is 4.50. The molecule has 0 saturated carbocycles. The van der Waals surface area contributed by atoms with E-state index in [1.165, 1.54) is 6.20 Å². The maximum atomic E-state index is 13.4. The fraction of sp³-hybridized carbons (Fsp3) is 0.0625. The molecular formula is C16H13FN4O. The fourth-order valence-electron chi connectivity index (χ4n) is 1.85. The molecular weight excluding hydrogens is 283 g/mol. The lowest BCUT2D eigenvalue weighted by atomic mass is 10.2. The molecule has 0 aliphatic heterocycles. The van der Waals surface area contributed by atoms with Crippen molar-refractivity contribution in [3.05, 3.63) is 72.7 Å². The number of ether oxygens (including phenoxy) is 1. The van der Waals surface area contributed by atoms with Crippen LogP contribution < -0.4 is 10.1 Å². The summed E-state index contributed by atoms with van der Waals surface area (Å²) >= 11 is 0. The minimum absolute atomic E-state index is 0.370. The monoisotopic (exact) mass is 296 g/mol. The summed E-state index contributed by atoms with van der Waals surface area (Å²) in [6.45, 7) is 0.506. The molecule has 0 spiro atoms. The van der Waals surface area contributed by atoms with Gasteiger partial charge in [-0.05, 0) is 23.8 Å². The largest absolute Gasteiger partial charge is 0.438 e. The van der Waals surface area contributed by atoms with Crippen LogP contribution in [-0.4, -0.2) is 15.0 Å². The minimum atomic E-state index is -0.370. The van der Waals surface area contributed by atoms with Crippen LogP contribution in [0.4, 0.5) is 10.1 Å². The van der Waals surface area contributed by atoms with Gasteiger partial charge in [0.15, 0.2) is 5.82 Å². The van der Waals surface area contributed by atoms with E-state index >= 15 is 0 Å². The molecule has 22 heavy (non-hydrogen) atoms. The molecule has 0 bridgehead atoms. The van der Waals surface area contributed by atoms with E-state index in [0.29, 0.717) is 23.9 Å². The Morgan fingerprint density at radius 2 is 1.77 bits per heavy atom. The molecule has 3 rings (SSSR count). The molecule has 0 aliphatic rings. The number of benzene rings is 1. The average Bonchev–Trinajstić information content (AvgIpc) is 2.56. The average molecular weight is 296 g/mol. The quantitative estimate of drug-likeness (QED) is 0.781. The van der Waals surface area contributed by atoms with E-state index in [1.807, 2.05) is 24.3 Å². The number of nitrogens with zero attached hydrogens (tertiary/aromatic N) is 3. The first-order valence-electron chi connectivity index (χ1n) is 6.67. The Labute approximate surface area is 126 Å². The van der Waals surface area contributed by atoms with Gasteiger partial charge in [-0.2, -0.15) is 0 Å². The lowest BCUT2D eigenvalue weighted by molar-refractivity contribution is 0.460. The van der Waals surface area contributed by atoms with Gasteiger partial charge in [0.05, 0.1) is 18.1 Å². The molecule has 1 aromatic carbocycles. The van der Waals surface area contributed by atoms with E-state index in [2.05, 4.69) is 20.3 Å². The third kappa shape index (κ3) is 3.54. The van der Waals surface area contributed by atoms with Gasteiger partial charge in [-0.15, -0.1) is 0 Å². The summed E-state index contributed by atoms with van der Waals surface area (Å²) in [5.74, 6) is 0.733. The highest BCUT2D eigenvalue weighted by molar-refractivity contribution is 5.43. The molecule has 3 aromatic rings. The van der Waals surface area contributed by atoms with E-state index in [9.17, 15) is 4.39 Å². The number of pyridine rings is 1. The Balaban J connectivity index is 1.61. The predicted octanol–water partition coefficient (Wildman–Crippen LogP) is 3.42. The van der Waals surface area contributed by atoms with Crippen LogP contribution in [0.15, 0.2) is 61.3 Å². The molecule has 0 aliphatic carbocycles. The van der Waals surface area contributed by atoms with Crippen molar-refractivity contribution in [1.29, 1.82) is 0 Å². The maximum absolute atomic E-state index is 13.4. The molecule has 0 fully saturated rings. The molecule has 0 radical (unpaired) electrons. The Hall–Kier alpha value is -3.02. The van der Waals surface area contributed by atoms with Crippen LogP contribution >= 0.6 is 0 Å². The molecule has 6 heteroatoms. The minimum Gasteiger partial charge on any atom is -0.438 e. The van der Waals surface area contributed by atoms with E-state index in [1.54, 1.807) is 30.9 Å². The summed E-state index contributed by atoms with van der Waals surface area (Å²) in [5.41, 5.74) is 1.43. The van der Waals surface area contributed by atoms with Crippen LogP contribution in [0.1, 0.15) is 5.56 Å². The van der Waals surface area contributed by atoms with Gasteiger partial charge in [0.2, 0.25) is 5.88 Å². The predicted molar refractivity (Wildman–Crippen MR) is 80.1 cm³/mol. The van der Waals surface area contributed by atoms with Crippen LogP contribution in [0, 0.1) is 5.82 Å². The normalized spacial score (nSPS) is 10.2. The molecule has 0 saturated heterocycles. The number of nitrogens with one attached hydrogen (secondary N) is 1. The van der Waals surface area contributed by atoms with Gasteiger partial charge >= 0.3 is 0 Å². The van der Waals surface area contributed by atoms with Crippen molar-refractivity contribution in [2.24, 2.45) is 0 Å². The Kier molecular flexibility index (Phi) is 4.20. The summed E-state index contributed by atoms with van der Waals surface area (Å²) in [6.07, 6.45) is 7.42. The number of rotatable bonds is 5. The zero-order valence-electron chi connectivity index (χ0n) is 11.6. The van der Waals surface area contributed by atoms with Crippen molar-refractivity contribution >= 4 is 5.69 Å². The first-order valence-corrected chi connectivity index (χ1v) is 6.67. The summed E-state index contributed by atoms with van der Waals surface area (Å²) in [5, 5.41) is 3.02. The van der Waals surface area contributed by atoms with Crippen molar-refractivity contribution in [2.75, 3.05) is 5.32 Å². The SMILES string of the molecule is Fc1cnccc1NCc1ccc(Oc2cnccn2)cc1. The van der Waals surface area contributed by atoms with Gasteiger partial charge in [0.25, 0.3) is 0 Å². The smallest absolute Gasteiger partial charge is 0.237 e. The van der Waals surface area contributed by atoms with E-state index in [0.717, 1.165) is 5.56 Å². The van der Waals surface area contributed by atoms with Gasteiger partial charge in [0, 0.05) is 25.1 Å². The zero-order chi connectivity index (χ0) is 15.2. The Morgan fingerprint density at radius 1 is 0.955 bits per heavy atom. The summed E-state index contributed by atoms with van der Waals surface area (Å²) in [6, 6.07) is 9.06. The van der Waals surface area contributed by atoms with Gasteiger partial charge in [-0.1, -0.05) is 12.1 Å². The van der Waals surface area contributed by atoms with Gasteiger partial charge in [-0.3, -0.25) is 9.97 Å². The first kappa shape index (κ1) is 13.9. The second-order valence-electron chi connectivity index (χ2n) is 4.50. The molecule has 5 nitrogen and oxygen atoms in total. The van der Waals surface area contributed by atoms with Crippen LogP contribution in [-0.2, 0) is 6.54 Å². The highest BCUT2D eigenvalue weighted by Gasteiger charge is 2.02. The van der Waals surface area contributed by atoms with E-state index < -0.39 is 0 Å². The van der Waals surface area contributed by atoms with Gasteiger partial charge in [0.1, 0.15) is 5.75 Å². The standard InChI is InChI=1S/C16H13FN4O/c17-14-10-18-6-5-15(14)21-9-12-1-3-13(4-2-12)22-16-11-19-7-8-20-16/h1-8,10-11H,9H2,(H,18,21). The van der Waals surface area contributed by atoms with Gasteiger partial charge < -0.3 is 10.1 Å². The van der Waals surface area contributed by atoms with Crippen molar-refractivity contribution in [1.82, 2.24) is 15.0 Å². The molecule has 1 N–H and O–H groups in total. The third-order valence-electron chi connectivity index (χ3n) is 2.94. The number of aromatic nitrogens is 3. The number of hydrogen-bond donors (Lipinski definition) is 1. The van der Waals surface area contributed by atoms with Crippen molar-refractivity contribution in [2.45, 2.75) is 6.54 Å². The highest BCUT2D eigenvalue weighted by Crippen LogP contribution is 2.19. The van der Waals surface area contributed by atoms with Crippen molar-refractivity contribution < 1.29 is 9.13 Å². The van der Waals surface area contributed by atoms with Crippen molar-refractivity contribution in [3.63, 3.8) is 0 Å². The number of anilines is 1. The highest BCUT2D eigenvalue weighted by atomic mass is 19.1. The maximum Gasteiger partial charge on any atom is 0.237 e. The summed E-state index contributed by atoms with van der Waals surface area (Å²) < 4.78 is 19.0. The molecule has 0 unspecified atom stereocenters. The van der Waals surface area contributed by atoms with Crippen LogP contribution in [0.3, 0.4) is 0 Å². The van der Waals surface area contributed by atoms with E-state index in [-0.39, 0.29) is 5.82 Å². The molecule has 2 aromatic heterocycles. The lowest BCUT2D eigenvalue weighted by Crippen LogP contribution is -2.01. The van der Waals surface area contributed by atoms with Crippen LogP contribution in [0.2, 0.25) is 0 Å². The van der Waals surface area contributed by atoms with Crippen LogP contribution in [0.25, 0.3) is 0 Å². The molecule has 2 heterocycles. The first-order chi connectivity index (χ1) is 10.8. The lowest BCUT2D eigenvalue weighted by Gasteiger charge is -2.08. The molecule has 0 amide bonds. The number of halogens is 1. The topological polar surface area (TPSA) is 59.9 Å². The van der Waals surface area contributed by atoms with Crippen molar-refractivity contribution in [3.8, 4) is 11.6 Å². The van der Waals surface area contributed by atoms with E-state index in [4.69, 9.17) is 4.74 Å². The third-order valence-corrected chi connectivity index (χ3v) is 2.94. The Morgan fingerprint density at radius 3 is 2.50 bits per heavy atom. The Bertz CT molecular complexity index is 735. The summed E-state index contributed by atoms with van der Waals surface area (Å²) in [7, 11) is 0. The fourth-order valence-corrected chi connectivity index (χ4v) is 1.85. The molecule has 110 valence electrons. The molecule has 0 atom stereocenters. The summed E-state index contributed by atoms with van der Waals surface area (Å²) in [4.78, 5) is 11.7. The second kappa shape index (κ2) is 6.62. The van der Waals surface area contributed by atoms with Gasteiger partial charge in [-0.25, -0.2) is 9.37 Å². The van der Waals surface area contributed by atoms with Crippen LogP contribution in [0.5, 0.6) is 11.6 Å². The number of hydrogen-bond acceptors (Lipinski definition) is 5. The zero-order valence-corrected chi connectivity index (χ0v) is 11.6.